The Labute approximate surface area is 120 Å². The maximum absolute atomic E-state index is 12.2. The van der Waals surface area contributed by atoms with Gasteiger partial charge in [0.05, 0.1) is 12.6 Å². The Balaban J connectivity index is 2.69. The molecule has 0 spiro atoms. The molecule has 5 heteroatoms. The van der Waals surface area contributed by atoms with Gasteiger partial charge < -0.3 is 5.32 Å². The summed E-state index contributed by atoms with van der Waals surface area (Å²) >= 11 is 0. The molecular weight excluding hydrogens is 254 g/mol. The van der Waals surface area contributed by atoms with Crippen LogP contribution in [0, 0.1) is 5.92 Å². The zero-order valence-corrected chi connectivity index (χ0v) is 12.6. The van der Waals surface area contributed by atoms with E-state index in [9.17, 15) is 9.59 Å². The van der Waals surface area contributed by atoms with Crippen LogP contribution in [0.15, 0.2) is 24.5 Å². The molecule has 5 nitrogen and oxygen atoms in total. The first kappa shape index (κ1) is 16.3. The van der Waals surface area contributed by atoms with E-state index >= 15 is 0 Å². The van der Waals surface area contributed by atoms with Crippen molar-refractivity contribution in [1.29, 1.82) is 0 Å². The zero-order chi connectivity index (χ0) is 15.1. The van der Waals surface area contributed by atoms with Crippen LogP contribution < -0.4 is 5.32 Å². The molecule has 0 aliphatic carbocycles. The second-order valence-electron chi connectivity index (χ2n) is 5.38. The van der Waals surface area contributed by atoms with Gasteiger partial charge in [-0.3, -0.25) is 19.5 Å². The van der Waals surface area contributed by atoms with Gasteiger partial charge in [-0.05, 0) is 37.6 Å². The van der Waals surface area contributed by atoms with Crippen molar-refractivity contribution >= 4 is 11.7 Å². The molecule has 0 aromatic carbocycles. The average Bonchev–Trinajstić information content (AvgIpc) is 2.37. The van der Waals surface area contributed by atoms with Gasteiger partial charge in [0.1, 0.15) is 5.78 Å². The normalized spacial score (nSPS) is 12.5. The van der Waals surface area contributed by atoms with Gasteiger partial charge in [-0.2, -0.15) is 0 Å². The number of carbonyl (C=O) groups is 2. The largest absolute Gasteiger partial charge is 0.348 e. The third-order valence-electron chi connectivity index (χ3n) is 3.07. The topological polar surface area (TPSA) is 62.3 Å². The van der Waals surface area contributed by atoms with Gasteiger partial charge in [0.2, 0.25) is 5.91 Å². The summed E-state index contributed by atoms with van der Waals surface area (Å²) < 4.78 is 0. The second-order valence-corrected chi connectivity index (χ2v) is 5.38. The number of carbonyl (C=O) groups excluding carboxylic acids is 2. The lowest BCUT2D eigenvalue weighted by Crippen LogP contribution is -2.48. The summed E-state index contributed by atoms with van der Waals surface area (Å²) in [5.41, 5.74) is 1.10. The standard InChI is InChI=1S/C15H23N3O2/c1-11(2)14(15(20)17-9-12(3)19)18(4)10-13-5-7-16-8-6-13/h5-8,11,14H,9-10H2,1-4H3,(H,17,20). The van der Waals surface area contributed by atoms with Crippen LogP contribution in [0.2, 0.25) is 0 Å². The molecule has 20 heavy (non-hydrogen) atoms. The minimum Gasteiger partial charge on any atom is -0.348 e. The fourth-order valence-corrected chi connectivity index (χ4v) is 2.20. The van der Waals surface area contributed by atoms with E-state index < -0.39 is 0 Å². The maximum Gasteiger partial charge on any atom is 0.237 e. The Hall–Kier alpha value is -1.75. The van der Waals surface area contributed by atoms with E-state index in [1.807, 2.05) is 37.9 Å². The Morgan fingerprint density at radius 1 is 1.30 bits per heavy atom. The number of amides is 1. The third kappa shape index (κ3) is 5.09. The zero-order valence-electron chi connectivity index (χ0n) is 12.6. The second kappa shape index (κ2) is 7.75. The number of ketones is 1. The van der Waals surface area contributed by atoms with Gasteiger partial charge in [-0.25, -0.2) is 0 Å². The lowest BCUT2D eigenvalue weighted by atomic mass is 10.0. The van der Waals surface area contributed by atoms with Crippen LogP contribution in [0.4, 0.5) is 0 Å². The highest BCUT2D eigenvalue weighted by molar-refractivity contribution is 5.87. The van der Waals surface area contributed by atoms with Crippen molar-refractivity contribution in [3.8, 4) is 0 Å². The molecule has 1 aromatic rings. The molecule has 1 rings (SSSR count). The van der Waals surface area contributed by atoms with E-state index in [1.165, 1.54) is 6.92 Å². The van der Waals surface area contributed by atoms with Crippen LogP contribution in [0.1, 0.15) is 26.3 Å². The number of pyridine rings is 1. The Bertz CT molecular complexity index is 446. The van der Waals surface area contributed by atoms with Crippen LogP contribution in [-0.4, -0.2) is 41.2 Å². The van der Waals surface area contributed by atoms with Crippen molar-refractivity contribution in [1.82, 2.24) is 15.2 Å². The fraction of sp³-hybridized carbons (Fsp3) is 0.533. The van der Waals surface area contributed by atoms with E-state index in [1.54, 1.807) is 12.4 Å². The minimum atomic E-state index is -0.262. The van der Waals surface area contributed by atoms with Gasteiger partial charge in [-0.15, -0.1) is 0 Å². The van der Waals surface area contributed by atoms with Crippen LogP contribution >= 0.6 is 0 Å². The van der Waals surface area contributed by atoms with E-state index in [4.69, 9.17) is 0 Å². The van der Waals surface area contributed by atoms with Crippen molar-refractivity contribution in [3.63, 3.8) is 0 Å². The predicted molar refractivity (Wildman–Crippen MR) is 78.0 cm³/mol. The number of aromatic nitrogens is 1. The van der Waals surface area contributed by atoms with Gasteiger partial charge in [0.15, 0.2) is 0 Å². The summed E-state index contributed by atoms with van der Waals surface area (Å²) in [6.07, 6.45) is 3.48. The van der Waals surface area contributed by atoms with E-state index in [-0.39, 0.29) is 30.2 Å². The van der Waals surface area contributed by atoms with Crippen LogP contribution in [0.5, 0.6) is 0 Å². The summed E-state index contributed by atoms with van der Waals surface area (Å²) in [5.74, 6) is 0.0122. The van der Waals surface area contributed by atoms with Gasteiger partial charge in [-0.1, -0.05) is 13.8 Å². The first-order valence-corrected chi connectivity index (χ1v) is 6.78. The number of nitrogens with zero attached hydrogens (tertiary/aromatic N) is 2. The number of hydrogen-bond acceptors (Lipinski definition) is 4. The predicted octanol–water partition coefficient (Wildman–Crippen LogP) is 1.24. The molecule has 1 amide bonds. The highest BCUT2D eigenvalue weighted by Crippen LogP contribution is 2.13. The quantitative estimate of drug-likeness (QED) is 0.814. The molecule has 1 unspecified atom stereocenters. The van der Waals surface area contributed by atoms with Crippen LogP contribution in [0.25, 0.3) is 0 Å². The Kier molecular flexibility index (Phi) is 6.31. The average molecular weight is 277 g/mol. The third-order valence-corrected chi connectivity index (χ3v) is 3.07. The lowest BCUT2D eigenvalue weighted by molar-refractivity contribution is -0.129. The lowest BCUT2D eigenvalue weighted by Gasteiger charge is -2.30. The summed E-state index contributed by atoms with van der Waals surface area (Å²) in [7, 11) is 1.92. The molecule has 0 aliphatic rings. The van der Waals surface area contributed by atoms with E-state index in [0.717, 1.165) is 5.56 Å². The van der Waals surface area contributed by atoms with Gasteiger partial charge in [0, 0.05) is 18.9 Å². The highest BCUT2D eigenvalue weighted by atomic mass is 16.2. The molecule has 110 valence electrons. The number of hydrogen-bond donors (Lipinski definition) is 1. The molecular formula is C15H23N3O2. The summed E-state index contributed by atoms with van der Waals surface area (Å²) in [6.45, 7) is 6.22. The van der Waals surface area contributed by atoms with E-state index in [2.05, 4.69) is 10.3 Å². The van der Waals surface area contributed by atoms with Crippen LogP contribution in [-0.2, 0) is 16.1 Å². The number of Topliss-reactive ketones (excluding diaryl/α,β-unsaturated/α-hetero) is 1. The fourth-order valence-electron chi connectivity index (χ4n) is 2.20. The maximum atomic E-state index is 12.2. The molecule has 1 aromatic heterocycles. The molecule has 0 aliphatic heterocycles. The van der Waals surface area contributed by atoms with Crippen molar-refractivity contribution in [3.05, 3.63) is 30.1 Å². The molecule has 1 heterocycles. The Morgan fingerprint density at radius 2 is 1.90 bits per heavy atom. The molecule has 0 radical (unpaired) electrons. The van der Waals surface area contributed by atoms with Gasteiger partial charge in [0.25, 0.3) is 0 Å². The molecule has 0 bridgehead atoms. The van der Waals surface area contributed by atoms with E-state index in [0.29, 0.717) is 6.54 Å². The highest BCUT2D eigenvalue weighted by Gasteiger charge is 2.26. The monoisotopic (exact) mass is 277 g/mol. The number of rotatable bonds is 7. The molecule has 0 saturated carbocycles. The van der Waals surface area contributed by atoms with Crippen molar-refractivity contribution < 1.29 is 9.59 Å². The SMILES string of the molecule is CC(=O)CNC(=O)C(C(C)C)N(C)Cc1ccncc1. The number of nitrogens with one attached hydrogen (secondary N) is 1. The van der Waals surface area contributed by atoms with Gasteiger partial charge >= 0.3 is 0 Å². The summed E-state index contributed by atoms with van der Waals surface area (Å²) in [4.78, 5) is 29.1. The molecule has 0 saturated heterocycles. The van der Waals surface area contributed by atoms with Crippen molar-refractivity contribution in [2.24, 2.45) is 5.92 Å². The number of likely N-dealkylation sites (N-methyl/N-ethyl adjacent to an activating group) is 1. The molecule has 0 fully saturated rings. The minimum absolute atomic E-state index is 0.0438. The smallest absolute Gasteiger partial charge is 0.237 e. The van der Waals surface area contributed by atoms with Crippen molar-refractivity contribution in [2.45, 2.75) is 33.4 Å². The summed E-state index contributed by atoms with van der Waals surface area (Å²) in [6, 6.07) is 3.60. The van der Waals surface area contributed by atoms with Crippen LogP contribution in [0.3, 0.4) is 0 Å². The Morgan fingerprint density at radius 3 is 2.40 bits per heavy atom. The first-order valence-electron chi connectivity index (χ1n) is 6.78. The first-order chi connectivity index (χ1) is 9.41. The molecule has 1 atom stereocenters. The summed E-state index contributed by atoms with van der Waals surface area (Å²) in [5, 5.41) is 2.69. The molecule has 1 N–H and O–H groups in total. The van der Waals surface area contributed by atoms with Crippen molar-refractivity contribution in [2.75, 3.05) is 13.6 Å².